The fraction of sp³-hybridized carbons (Fsp3) is 0.417. The number of amidine groups is 1. The van der Waals surface area contributed by atoms with Crippen molar-refractivity contribution < 1.29 is 5.11 Å². The molecule has 1 heterocycles. The van der Waals surface area contributed by atoms with Crippen LogP contribution in [0.2, 0.25) is 0 Å². The van der Waals surface area contributed by atoms with E-state index in [-0.39, 0.29) is 0 Å². The number of aromatic hydroxyl groups is 1. The highest BCUT2D eigenvalue weighted by molar-refractivity contribution is 5.82. The average Bonchev–Trinajstić information content (AvgIpc) is 2.30. The van der Waals surface area contributed by atoms with Crippen LogP contribution in [0.15, 0.2) is 29.3 Å². The molecule has 1 aromatic carbocycles. The first-order valence-corrected chi connectivity index (χ1v) is 5.40. The second-order valence-electron chi connectivity index (χ2n) is 3.81. The molecule has 1 aliphatic heterocycles. The highest BCUT2D eigenvalue weighted by Crippen LogP contribution is 2.10. The van der Waals surface area contributed by atoms with E-state index in [4.69, 9.17) is 5.11 Å². The summed E-state index contributed by atoms with van der Waals surface area (Å²) in [6.45, 7) is 1.75. The highest BCUT2D eigenvalue weighted by Gasteiger charge is 2.03. The van der Waals surface area contributed by atoms with Crippen LogP contribution in [0.1, 0.15) is 24.8 Å². The number of phenols is 1. The molecule has 3 nitrogen and oxygen atoms in total. The van der Waals surface area contributed by atoms with E-state index in [2.05, 4.69) is 10.3 Å². The van der Waals surface area contributed by atoms with E-state index in [0.717, 1.165) is 25.3 Å². The first kappa shape index (κ1) is 10.0. The Morgan fingerprint density at radius 3 is 2.67 bits per heavy atom. The van der Waals surface area contributed by atoms with Crippen LogP contribution in [-0.4, -0.2) is 17.5 Å². The van der Waals surface area contributed by atoms with Crippen molar-refractivity contribution in [1.82, 2.24) is 5.32 Å². The molecule has 0 radical (unpaired) electrons. The van der Waals surface area contributed by atoms with Crippen molar-refractivity contribution in [2.45, 2.75) is 25.8 Å². The Morgan fingerprint density at radius 2 is 2.00 bits per heavy atom. The molecule has 0 fully saturated rings. The lowest BCUT2D eigenvalue weighted by molar-refractivity contribution is 0.475. The normalized spacial score (nSPS) is 15.9. The maximum absolute atomic E-state index is 9.13. The van der Waals surface area contributed by atoms with Gasteiger partial charge in [0.1, 0.15) is 5.75 Å². The molecule has 1 aromatic rings. The second-order valence-corrected chi connectivity index (χ2v) is 3.81. The number of nitrogens with zero attached hydrogens (tertiary/aromatic N) is 1. The Morgan fingerprint density at radius 1 is 1.20 bits per heavy atom. The van der Waals surface area contributed by atoms with Gasteiger partial charge in [0.2, 0.25) is 0 Å². The van der Waals surface area contributed by atoms with Gasteiger partial charge in [-0.25, -0.2) is 0 Å². The van der Waals surface area contributed by atoms with Gasteiger partial charge in [-0.15, -0.1) is 0 Å². The molecule has 80 valence electrons. The minimum Gasteiger partial charge on any atom is -0.508 e. The summed E-state index contributed by atoms with van der Waals surface area (Å²) in [6.07, 6.45) is 3.52. The summed E-state index contributed by atoms with van der Waals surface area (Å²) in [5, 5.41) is 12.5. The molecule has 3 heteroatoms. The van der Waals surface area contributed by atoms with Crippen LogP contribution >= 0.6 is 0 Å². The molecule has 0 unspecified atom stereocenters. The number of hydrogen-bond donors (Lipinski definition) is 2. The third kappa shape index (κ3) is 2.98. The van der Waals surface area contributed by atoms with Crippen LogP contribution in [0.5, 0.6) is 5.75 Å². The quantitative estimate of drug-likeness (QED) is 0.774. The molecule has 0 spiro atoms. The number of hydrogen-bond acceptors (Lipinski definition) is 3. The summed E-state index contributed by atoms with van der Waals surface area (Å²) in [6, 6.07) is 7.26. The molecule has 2 N–H and O–H groups in total. The van der Waals surface area contributed by atoms with Crippen molar-refractivity contribution in [3.05, 3.63) is 29.8 Å². The maximum Gasteiger partial charge on any atom is 0.115 e. The maximum atomic E-state index is 9.13. The molecule has 0 saturated heterocycles. The first-order chi connectivity index (χ1) is 7.34. The van der Waals surface area contributed by atoms with E-state index in [9.17, 15) is 0 Å². The second kappa shape index (κ2) is 4.82. The van der Waals surface area contributed by atoms with E-state index < -0.39 is 0 Å². The molecule has 0 amide bonds. The lowest BCUT2D eigenvalue weighted by atomic mass is 10.1. The summed E-state index contributed by atoms with van der Waals surface area (Å²) in [7, 11) is 0. The van der Waals surface area contributed by atoms with Crippen LogP contribution in [-0.2, 0) is 6.54 Å². The molecule has 15 heavy (non-hydrogen) atoms. The standard InChI is InChI=1S/C12H16N2O/c15-11-6-4-10(5-7-11)9-14-12-3-1-2-8-13-12/h4-7,15H,1-3,8-9H2,(H,13,14). The van der Waals surface area contributed by atoms with E-state index in [1.54, 1.807) is 12.1 Å². The summed E-state index contributed by atoms with van der Waals surface area (Å²) >= 11 is 0. The van der Waals surface area contributed by atoms with Crippen LogP contribution in [0, 0.1) is 0 Å². The average molecular weight is 204 g/mol. The van der Waals surface area contributed by atoms with Crippen LogP contribution < -0.4 is 5.32 Å². The van der Waals surface area contributed by atoms with Crippen molar-refractivity contribution in [2.75, 3.05) is 6.54 Å². The van der Waals surface area contributed by atoms with Gasteiger partial charge >= 0.3 is 0 Å². The Hall–Kier alpha value is -1.51. The van der Waals surface area contributed by atoms with E-state index >= 15 is 0 Å². The van der Waals surface area contributed by atoms with Gasteiger partial charge in [-0.05, 0) is 30.5 Å². The topological polar surface area (TPSA) is 44.6 Å². The molecule has 0 aromatic heterocycles. The van der Waals surface area contributed by atoms with E-state index in [0.29, 0.717) is 5.75 Å². The van der Waals surface area contributed by atoms with Crippen molar-refractivity contribution in [1.29, 1.82) is 0 Å². The monoisotopic (exact) mass is 204 g/mol. The van der Waals surface area contributed by atoms with Gasteiger partial charge in [0, 0.05) is 19.5 Å². The zero-order valence-electron chi connectivity index (χ0n) is 8.74. The molecule has 0 bridgehead atoms. The minimum atomic E-state index is 0.314. The molecule has 2 rings (SSSR count). The van der Waals surface area contributed by atoms with Crippen LogP contribution in [0.4, 0.5) is 0 Å². The van der Waals surface area contributed by atoms with Gasteiger partial charge in [0.15, 0.2) is 0 Å². The third-order valence-electron chi connectivity index (χ3n) is 2.56. The number of nitrogens with one attached hydrogen (secondary N) is 1. The summed E-state index contributed by atoms with van der Waals surface area (Å²) in [5.41, 5.74) is 1.17. The lowest BCUT2D eigenvalue weighted by Gasteiger charge is -2.13. The van der Waals surface area contributed by atoms with Crippen molar-refractivity contribution in [3.63, 3.8) is 0 Å². The largest absolute Gasteiger partial charge is 0.508 e. The molecule has 0 atom stereocenters. The first-order valence-electron chi connectivity index (χ1n) is 5.40. The van der Waals surface area contributed by atoms with E-state index in [1.807, 2.05) is 12.1 Å². The SMILES string of the molecule is Oc1ccc(CNC2=NCCCC2)cc1. The Labute approximate surface area is 89.9 Å². The molecule has 0 saturated carbocycles. The van der Waals surface area contributed by atoms with Gasteiger partial charge in [-0.1, -0.05) is 12.1 Å². The molecule has 0 aliphatic carbocycles. The van der Waals surface area contributed by atoms with Gasteiger partial charge < -0.3 is 10.4 Å². The number of benzene rings is 1. The fourth-order valence-electron chi connectivity index (χ4n) is 1.66. The highest BCUT2D eigenvalue weighted by atomic mass is 16.3. The Balaban J connectivity index is 1.87. The van der Waals surface area contributed by atoms with Gasteiger partial charge in [0.25, 0.3) is 0 Å². The van der Waals surface area contributed by atoms with Crippen molar-refractivity contribution in [2.24, 2.45) is 4.99 Å². The van der Waals surface area contributed by atoms with Crippen LogP contribution in [0.3, 0.4) is 0 Å². The smallest absolute Gasteiger partial charge is 0.115 e. The van der Waals surface area contributed by atoms with Gasteiger partial charge in [-0.3, -0.25) is 4.99 Å². The zero-order valence-corrected chi connectivity index (χ0v) is 8.74. The third-order valence-corrected chi connectivity index (χ3v) is 2.56. The number of phenolic OH excluding ortho intramolecular Hbond substituents is 1. The van der Waals surface area contributed by atoms with Gasteiger partial charge in [0.05, 0.1) is 5.84 Å². The van der Waals surface area contributed by atoms with Crippen molar-refractivity contribution >= 4 is 5.84 Å². The predicted molar refractivity (Wildman–Crippen MR) is 61.1 cm³/mol. The molecular weight excluding hydrogens is 188 g/mol. The summed E-state index contributed by atoms with van der Waals surface area (Å²) < 4.78 is 0. The fourth-order valence-corrected chi connectivity index (χ4v) is 1.66. The summed E-state index contributed by atoms with van der Waals surface area (Å²) in [4.78, 5) is 4.42. The van der Waals surface area contributed by atoms with E-state index in [1.165, 1.54) is 18.4 Å². The minimum absolute atomic E-state index is 0.314. The lowest BCUT2D eigenvalue weighted by Crippen LogP contribution is -2.25. The van der Waals surface area contributed by atoms with Crippen LogP contribution in [0.25, 0.3) is 0 Å². The number of aliphatic imine (C=N–C) groups is 1. The zero-order chi connectivity index (χ0) is 10.5. The van der Waals surface area contributed by atoms with Gasteiger partial charge in [-0.2, -0.15) is 0 Å². The predicted octanol–water partition coefficient (Wildman–Crippen LogP) is 2.06. The Kier molecular flexibility index (Phi) is 3.22. The number of rotatable bonds is 2. The Bertz CT molecular complexity index is 343. The molecular formula is C12H16N2O. The molecule has 1 aliphatic rings. The van der Waals surface area contributed by atoms with Crippen molar-refractivity contribution in [3.8, 4) is 5.75 Å². The summed E-state index contributed by atoms with van der Waals surface area (Å²) in [5.74, 6) is 1.43.